The number of rotatable bonds is 2. The summed E-state index contributed by atoms with van der Waals surface area (Å²) in [6, 6.07) is 7.68. The van der Waals surface area contributed by atoms with Crippen molar-refractivity contribution >= 4 is 5.91 Å². The standard InChI is InChI=1S/C13H14N2O/c14-8-2-4-10-3-1-5-11(9-10)13(16)15-12-6-7-12/h1,3,5,9,12H,6-8,14H2,(H,15,16). The molecule has 3 N–H and O–H groups in total. The Hall–Kier alpha value is -1.79. The smallest absolute Gasteiger partial charge is 0.251 e. The molecule has 1 aliphatic carbocycles. The van der Waals surface area contributed by atoms with Crippen LogP contribution in [-0.2, 0) is 0 Å². The van der Waals surface area contributed by atoms with E-state index in [1.54, 1.807) is 12.1 Å². The molecule has 16 heavy (non-hydrogen) atoms. The van der Waals surface area contributed by atoms with Crippen LogP contribution in [0.3, 0.4) is 0 Å². The van der Waals surface area contributed by atoms with Crippen LogP contribution in [-0.4, -0.2) is 18.5 Å². The molecule has 1 fully saturated rings. The molecule has 0 aromatic heterocycles. The van der Waals surface area contributed by atoms with Gasteiger partial charge in [0.05, 0.1) is 6.54 Å². The monoisotopic (exact) mass is 214 g/mol. The van der Waals surface area contributed by atoms with E-state index < -0.39 is 0 Å². The fourth-order valence-electron chi connectivity index (χ4n) is 1.39. The molecule has 3 heteroatoms. The number of hydrogen-bond acceptors (Lipinski definition) is 2. The minimum Gasteiger partial charge on any atom is -0.349 e. The fourth-order valence-corrected chi connectivity index (χ4v) is 1.39. The van der Waals surface area contributed by atoms with Gasteiger partial charge in [0.1, 0.15) is 0 Å². The summed E-state index contributed by atoms with van der Waals surface area (Å²) < 4.78 is 0. The summed E-state index contributed by atoms with van der Waals surface area (Å²) in [7, 11) is 0. The summed E-state index contributed by atoms with van der Waals surface area (Å²) in [4.78, 5) is 11.7. The van der Waals surface area contributed by atoms with Crippen molar-refractivity contribution in [2.45, 2.75) is 18.9 Å². The minimum absolute atomic E-state index is 0.0149. The second kappa shape index (κ2) is 4.82. The average Bonchev–Trinajstić information content (AvgIpc) is 3.10. The summed E-state index contributed by atoms with van der Waals surface area (Å²) in [6.07, 6.45) is 2.19. The number of nitrogens with two attached hydrogens (primary N) is 1. The molecule has 0 atom stereocenters. The molecule has 0 saturated heterocycles. The quantitative estimate of drug-likeness (QED) is 0.718. The Labute approximate surface area is 95.0 Å². The van der Waals surface area contributed by atoms with Gasteiger partial charge in [-0.15, -0.1) is 0 Å². The number of benzene rings is 1. The molecule has 3 nitrogen and oxygen atoms in total. The molecule has 1 aliphatic rings. The number of carbonyl (C=O) groups excluding carboxylic acids is 1. The summed E-state index contributed by atoms with van der Waals surface area (Å²) in [5.74, 6) is 5.67. The first-order valence-electron chi connectivity index (χ1n) is 5.39. The summed E-state index contributed by atoms with van der Waals surface area (Å²) in [5, 5.41) is 2.94. The molecule has 1 amide bonds. The minimum atomic E-state index is -0.0149. The number of hydrogen-bond donors (Lipinski definition) is 2. The average molecular weight is 214 g/mol. The van der Waals surface area contributed by atoms with Crippen molar-refractivity contribution in [1.82, 2.24) is 5.32 Å². The van der Waals surface area contributed by atoms with Crippen molar-refractivity contribution in [2.24, 2.45) is 5.73 Å². The van der Waals surface area contributed by atoms with Gasteiger partial charge in [0, 0.05) is 17.2 Å². The van der Waals surface area contributed by atoms with Crippen molar-refractivity contribution in [3.63, 3.8) is 0 Å². The third-order valence-corrected chi connectivity index (χ3v) is 2.37. The van der Waals surface area contributed by atoms with Gasteiger partial charge in [0.2, 0.25) is 0 Å². The normalized spacial score (nSPS) is 13.8. The lowest BCUT2D eigenvalue weighted by atomic mass is 10.1. The van der Waals surface area contributed by atoms with Crippen LogP contribution in [0.25, 0.3) is 0 Å². The maximum absolute atomic E-state index is 11.7. The molecule has 0 spiro atoms. The highest BCUT2D eigenvalue weighted by molar-refractivity contribution is 5.94. The molecule has 0 unspecified atom stereocenters. The Kier molecular flexibility index (Phi) is 3.23. The van der Waals surface area contributed by atoms with Crippen LogP contribution in [0.15, 0.2) is 24.3 Å². The van der Waals surface area contributed by atoms with E-state index in [-0.39, 0.29) is 5.91 Å². The van der Waals surface area contributed by atoms with E-state index in [1.807, 2.05) is 12.1 Å². The number of amides is 1. The lowest BCUT2D eigenvalue weighted by molar-refractivity contribution is 0.0951. The Morgan fingerprint density at radius 2 is 2.31 bits per heavy atom. The highest BCUT2D eigenvalue weighted by Crippen LogP contribution is 2.19. The summed E-state index contributed by atoms with van der Waals surface area (Å²) >= 11 is 0. The molecule has 0 aliphatic heterocycles. The molecule has 1 aromatic carbocycles. The molecule has 82 valence electrons. The van der Waals surface area contributed by atoms with E-state index in [0.717, 1.165) is 18.4 Å². The van der Waals surface area contributed by atoms with E-state index in [9.17, 15) is 4.79 Å². The topological polar surface area (TPSA) is 55.1 Å². The van der Waals surface area contributed by atoms with Crippen molar-refractivity contribution in [2.75, 3.05) is 6.54 Å². The predicted molar refractivity (Wildman–Crippen MR) is 62.9 cm³/mol. The van der Waals surface area contributed by atoms with E-state index in [1.165, 1.54) is 0 Å². The van der Waals surface area contributed by atoms with E-state index in [4.69, 9.17) is 5.73 Å². The van der Waals surface area contributed by atoms with Gasteiger partial charge in [0.25, 0.3) is 5.91 Å². The molecule has 1 saturated carbocycles. The Balaban J connectivity index is 2.10. The third-order valence-electron chi connectivity index (χ3n) is 2.37. The molecule has 1 aromatic rings. The molecular formula is C13H14N2O. The first-order valence-corrected chi connectivity index (χ1v) is 5.39. The van der Waals surface area contributed by atoms with Gasteiger partial charge >= 0.3 is 0 Å². The summed E-state index contributed by atoms with van der Waals surface area (Å²) in [5.41, 5.74) is 6.79. The molecular weight excluding hydrogens is 200 g/mol. The SMILES string of the molecule is NCC#Cc1cccc(C(=O)NC2CC2)c1. The highest BCUT2D eigenvalue weighted by Gasteiger charge is 2.23. The van der Waals surface area contributed by atoms with Crippen molar-refractivity contribution < 1.29 is 4.79 Å². The zero-order valence-electron chi connectivity index (χ0n) is 8.99. The first kappa shape index (κ1) is 10.7. The van der Waals surface area contributed by atoms with E-state index >= 15 is 0 Å². The van der Waals surface area contributed by atoms with Crippen molar-refractivity contribution in [1.29, 1.82) is 0 Å². The van der Waals surface area contributed by atoms with Crippen LogP contribution in [0, 0.1) is 11.8 Å². The Bertz CT molecular complexity index is 452. The molecule has 0 heterocycles. The van der Waals surface area contributed by atoms with Gasteiger partial charge in [-0.2, -0.15) is 0 Å². The summed E-state index contributed by atoms with van der Waals surface area (Å²) in [6.45, 7) is 0.332. The van der Waals surface area contributed by atoms with Crippen LogP contribution in [0.1, 0.15) is 28.8 Å². The van der Waals surface area contributed by atoms with Crippen LogP contribution < -0.4 is 11.1 Å². The Morgan fingerprint density at radius 1 is 1.50 bits per heavy atom. The largest absolute Gasteiger partial charge is 0.349 e. The zero-order valence-corrected chi connectivity index (χ0v) is 8.99. The van der Waals surface area contributed by atoms with Crippen LogP contribution in [0.2, 0.25) is 0 Å². The Morgan fingerprint density at radius 3 is 3.00 bits per heavy atom. The zero-order chi connectivity index (χ0) is 11.4. The van der Waals surface area contributed by atoms with E-state index in [2.05, 4.69) is 17.2 Å². The van der Waals surface area contributed by atoms with Crippen molar-refractivity contribution in [3.8, 4) is 11.8 Å². The highest BCUT2D eigenvalue weighted by atomic mass is 16.1. The van der Waals surface area contributed by atoms with Gasteiger partial charge in [-0.1, -0.05) is 17.9 Å². The van der Waals surface area contributed by atoms with Crippen molar-refractivity contribution in [3.05, 3.63) is 35.4 Å². The lowest BCUT2D eigenvalue weighted by Crippen LogP contribution is -2.25. The maximum atomic E-state index is 11.7. The second-order valence-electron chi connectivity index (χ2n) is 3.83. The molecule has 2 rings (SSSR count). The van der Waals surface area contributed by atoms with Crippen LogP contribution >= 0.6 is 0 Å². The maximum Gasteiger partial charge on any atom is 0.251 e. The first-order chi connectivity index (χ1) is 7.79. The number of nitrogens with one attached hydrogen (secondary N) is 1. The molecule has 0 bridgehead atoms. The second-order valence-corrected chi connectivity index (χ2v) is 3.83. The third kappa shape index (κ3) is 2.85. The van der Waals surface area contributed by atoms with Crippen LogP contribution in [0.5, 0.6) is 0 Å². The fraction of sp³-hybridized carbons (Fsp3) is 0.308. The number of carbonyl (C=O) groups is 1. The van der Waals surface area contributed by atoms with Crippen LogP contribution in [0.4, 0.5) is 0 Å². The molecule has 0 radical (unpaired) electrons. The lowest BCUT2D eigenvalue weighted by Gasteiger charge is -2.03. The van der Waals surface area contributed by atoms with E-state index in [0.29, 0.717) is 18.2 Å². The van der Waals surface area contributed by atoms with Gasteiger partial charge in [-0.25, -0.2) is 0 Å². The van der Waals surface area contributed by atoms with Gasteiger partial charge in [0.15, 0.2) is 0 Å². The van der Waals surface area contributed by atoms with Gasteiger partial charge < -0.3 is 11.1 Å². The van der Waals surface area contributed by atoms with Gasteiger partial charge in [-0.05, 0) is 31.0 Å². The van der Waals surface area contributed by atoms with Gasteiger partial charge in [-0.3, -0.25) is 4.79 Å². The predicted octanol–water partition coefficient (Wildman–Crippen LogP) is 0.889.